The molecule has 0 saturated carbocycles. The van der Waals surface area contributed by atoms with Crippen LogP contribution in [0.1, 0.15) is 31.0 Å². The maximum atomic E-state index is 11.7. The molecule has 0 bridgehead atoms. The van der Waals surface area contributed by atoms with Crippen molar-refractivity contribution in [2.75, 3.05) is 26.4 Å². The third-order valence-electron chi connectivity index (χ3n) is 2.73. The van der Waals surface area contributed by atoms with E-state index in [2.05, 4.69) is 11.4 Å². The van der Waals surface area contributed by atoms with E-state index in [0.29, 0.717) is 25.4 Å². The summed E-state index contributed by atoms with van der Waals surface area (Å²) in [5.41, 5.74) is 1.55. The predicted octanol–water partition coefficient (Wildman–Crippen LogP) is 1.79. The summed E-state index contributed by atoms with van der Waals surface area (Å²) in [5, 5.41) is 11.6. The largest absolute Gasteiger partial charge is 0.379 e. The summed E-state index contributed by atoms with van der Waals surface area (Å²) in [6, 6.07) is 9.07. The van der Waals surface area contributed by atoms with Crippen molar-refractivity contribution in [3.05, 3.63) is 35.4 Å². The monoisotopic (exact) mass is 276 g/mol. The summed E-state index contributed by atoms with van der Waals surface area (Å²) in [7, 11) is 0. The second-order valence-electron chi connectivity index (χ2n) is 4.27. The molecule has 1 atom stereocenters. The Morgan fingerprint density at radius 2 is 1.95 bits per heavy atom. The predicted molar refractivity (Wildman–Crippen MR) is 75.0 cm³/mol. The average Bonchev–Trinajstić information content (AvgIpc) is 2.47. The average molecular weight is 276 g/mol. The Kier molecular flexibility index (Phi) is 7.33. The van der Waals surface area contributed by atoms with Crippen LogP contribution in [0.3, 0.4) is 0 Å². The van der Waals surface area contributed by atoms with Crippen LogP contribution < -0.4 is 5.32 Å². The van der Waals surface area contributed by atoms with E-state index in [4.69, 9.17) is 14.7 Å². The minimum atomic E-state index is -0.168. The van der Waals surface area contributed by atoms with Crippen molar-refractivity contribution in [1.29, 1.82) is 5.26 Å². The molecule has 1 aromatic carbocycles. The smallest absolute Gasteiger partial charge is 0.246 e. The first-order valence-electron chi connectivity index (χ1n) is 6.62. The second kappa shape index (κ2) is 9.08. The molecule has 0 aliphatic carbocycles. The van der Waals surface area contributed by atoms with Gasteiger partial charge in [0.15, 0.2) is 0 Å². The van der Waals surface area contributed by atoms with Crippen molar-refractivity contribution >= 4 is 5.91 Å². The van der Waals surface area contributed by atoms with E-state index in [1.165, 1.54) is 0 Å². The Morgan fingerprint density at radius 3 is 2.55 bits per heavy atom. The summed E-state index contributed by atoms with van der Waals surface area (Å²) in [6.45, 7) is 5.37. The maximum Gasteiger partial charge on any atom is 0.246 e. The Bertz CT molecular complexity index is 451. The van der Waals surface area contributed by atoms with Crippen LogP contribution in [0.5, 0.6) is 0 Å². The fraction of sp³-hybridized carbons (Fsp3) is 0.467. The van der Waals surface area contributed by atoms with Gasteiger partial charge in [0.05, 0.1) is 30.9 Å². The number of amides is 1. The molecular weight excluding hydrogens is 256 g/mol. The van der Waals surface area contributed by atoms with Crippen LogP contribution in [0, 0.1) is 11.3 Å². The zero-order valence-corrected chi connectivity index (χ0v) is 11.9. The molecule has 5 nitrogen and oxygen atoms in total. The molecule has 0 aliphatic heterocycles. The lowest BCUT2D eigenvalue weighted by Gasteiger charge is -2.14. The number of ether oxygens (including phenoxy) is 2. The fourth-order valence-electron chi connectivity index (χ4n) is 1.64. The first-order chi connectivity index (χ1) is 9.67. The molecular formula is C15H20N2O3. The molecule has 1 N–H and O–H groups in total. The zero-order valence-electron chi connectivity index (χ0n) is 11.9. The zero-order chi connectivity index (χ0) is 14.8. The number of nitriles is 1. The maximum absolute atomic E-state index is 11.7. The Balaban J connectivity index is 2.31. The number of carbonyl (C=O) groups is 1. The molecule has 20 heavy (non-hydrogen) atoms. The van der Waals surface area contributed by atoms with E-state index < -0.39 is 0 Å². The lowest BCUT2D eigenvalue weighted by Crippen LogP contribution is -2.30. The highest BCUT2D eigenvalue weighted by molar-refractivity contribution is 5.77. The summed E-state index contributed by atoms with van der Waals surface area (Å²) in [4.78, 5) is 11.7. The topological polar surface area (TPSA) is 71.3 Å². The van der Waals surface area contributed by atoms with Gasteiger partial charge < -0.3 is 14.8 Å². The second-order valence-corrected chi connectivity index (χ2v) is 4.27. The molecule has 0 spiro atoms. The fourth-order valence-corrected chi connectivity index (χ4v) is 1.64. The van der Waals surface area contributed by atoms with Gasteiger partial charge in [-0.3, -0.25) is 4.79 Å². The Labute approximate surface area is 119 Å². The van der Waals surface area contributed by atoms with Crippen molar-refractivity contribution in [2.24, 2.45) is 0 Å². The number of hydrogen-bond acceptors (Lipinski definition) is 4. The van der Waals surface area contributed by atoms with Crippen LogP contribution in [0.15, 0.2) is 24.3 Å². The normalized spacial score (nSPS) is 11.7. The number of nitrogens with one attached hydrogen (secondary N) is 1. The Morgan fingerprint density at radius 1 is 1.30 bits per heavy atom. The van der Waals surface area contributed by atoms with E-state index in [0.717, 1.165) is 5.56 Å². The molecule has 1 amide bonds. The van der Waals surface area contributed by atoms with Gasteiger partial charge in [0.1, 0.15) is 6.61 Å². The van der Waals surface area contributed by atoms with Gasteiger partial charge in [-0.15, -0.1) is 0 Å². The summed E-state index contributed by atoms with van der Waals surface area (Å²) in [6.07, 6.45) is 0. The van der Waals surface area contributed by atoms with Crippen molar-refractivity contribution in [2.45, 2.75) is 19.9 Å². The van der Waals surface area contributed by atoms with Crippen molar-refractivity contribution < 1.29 is 14.3 Å². The summed E-state index contributed by atoms with van der Waals surface area (Å²) in [5.74, 6) is -0.168. The molecule has 108 valence electrons. The molecule has 1 unspecified atom stereocenters. The van der Waals surface area contributed by atoms with Crippen molar-refractivity contribution in [3.8, 4) is 6.07 Å². The van der Waals surface area contributed by atoms with Gasteiger partial charge in [-0.25, -0.2) is 0 Å². The number of hydrogen-bond donors (Lipinski definition) is 1. The van der Waals surface area contributed by atoms with E-state index in [-0.39, 0.29) is 18.6 Å². The SMILES string of the molecule is CCOCCOCC(=O)NC(C)c1ccc(C#N)cc1. The first kappa shape index (κ1) is 16.2. The number of benzene rings is 1. The van der Waals surface area contributed by atoms with Crippen LogP contribution in [-0.2, 0) is 14.3 Å². The molecule has 0 radical (unpaired) electrons. The highest BCUT2D eigenvalue weighted by atomic mass is 16.5. The third kappa shape index (κ3) is 5.83. The van der Waals surface area contributed by atoms with Gasteiger partial charge in [-0.1, -0.05) is 12.1 Å². The lowest BCUT2D eigenvalue weighted by molar-refractivity contribution is -0.126. The molecule has 0 fully saturated rings. The van der Waals surface area contributed by atoms with Crippen LogP contribution in [0.2, 0.25) is 0 Å². The minimum Gasteiger partial charge on any atom is -0.379 e. The van der Waals surface area contributed by atoms with E-state index in [1.54, 1.807) is 12.1 Å². The third-order valence-corrected chi connectivity index (χ3v) is 2.73. The van der Waals surface area contributed by atoms with Gasteiger partial charge in [0, 0.05) is 6.61 Å². The van der Waals surface area contributed by atoms with Crippen LogP contribution in [0.25, 0.3) is 0 Å². The molecule has 1 rings (SSSR count). The molecule has 0 aliphatic rings. The number of nitrogens with zero attached hydrogens (tertiary/aromatic N) is 1. The van der Waals surface area contributed by atoms with Gasteiger partial charge in [-0.05, 0) is 31.5 Å². The van der Waals surface area contributed by atoms with Crippen LogP contribution in [0.4, 0.5) is 0 Å². The van der Waals surface area contributed by atoms with E-state index >= 15 is 0 Å². The van der Waals surface area contributed by atoms with Crippen molar-refractivity contribution in [3.63, 3.8) is 0 Å². The summed E-state index contributed by atoms with van der Waals surface area (Å²) >= 11 is 0. The number of carbonyl (C=O) groups excluding carboxylic acids is 1. The quantitative estimate of drug-likeness (QED) is 0.735. The molecule has 0 saturated heterocycles. The minimum absolute atomic E-state index is 0.0215. The lowest BCUT2D eigenvalue weighted by atomic mass is 10.1. The molecule has 0 heterocycles. The van der Waals surface area contributed by atoms with Gasteiger partial charge in [-0.2, -0.15) is 5.26 Å². The van der Waals surface area contributed by atoms with E-state index in [9.17, 15) is 4.79 Å². The van der Waals surface area contributed by atoms with Gasteiger partial charge >= 0.3 is 0 Å². The molecule has 0 aromatic heterocycles. The Hall–Kier alpha value is -1.90. The number of rotatable bonds is 8. The van der Waals surface area contributed by atoms with Crippen molar-refractivity contribution in [1.82, 2.24) is 5.32 Å². The van der Waals surface area contributed by atoms with Crippen LogP contribution in [-0.4, -0.2) is 32.3 Å². The van der Waals surface area contributed by atoms with Gasteiger partial charge in [0.25, 0.3) is 0 Å². The standard InChI is InChI=1S/C15H20N2O3/c1-3-19-8-9-20-11-15(18)17-12(2)14-6-4-13(10-16)5-7-14/h4-7,12H,3,8-9,11H2,1-2H3,(H,17,18). The van der Waals surface area contributed by atoms with Gasteiger partial charge in [0.2, 0.25) is 5.91 Å². The highest BCUT2D eigenvalue weighted by Crippen LogP contribution is 2.12. The van der Waals surface area contributed by atoms with Crippen LogP contribution >= 0.6 is 0 Å². The first-order valence-corrected chi connectivity index (χ1v) is 6.62. The summed E-state index contributed by atoms with van der Waals surface area (Å²) < 4.78 is 10.3. The van der Waals surface area contributed by atoms with E-state index in [1.807, 2.05) is 26.0 Å². The molecule has 1 aromatic rings. The molecule has 5 heteroatoms. The highest BCUT2D eigenvalue weighted by Gasteiger charge is 2.09.